The zero-order chi connectivity index (χ0) is 20.1. The summed E-state index contributed by atoms with van der Waals surface area (Å²) in [6.45, 7) is 1.27. The van der Waals surface area contributed by atoms with E-state index in [4.69, 9.17) is 4.74 Å². The van der Waals surface area contributed by atoms with Gasteiger partial charge in [0.2, 0.25) is 15.9 Å². The highest BCUT2D eigenvalue weighted by Crippen LogP contribution is 2.16. The molecule has 1 aromatic heterocycles. The zero-order valence-electron chi connectivity index (χ0n) is 15.2. The number of benzene rings is 2. The van der Waals surface area contributed by atoms with Crippen LogP contribution in [0.2, 0.25) is 0 Å². The maximum absolute atomic E-state index is 12.5. The van der Waals surface area contributed by atoms with Gasteiger partial charge in [0.25, 0.3) is 0 Å². The molecule has 2 N–H and O–H groups in total. The second-order valence-electron chi connectivity index (χ2n) is 5.74. The fourth-order valence-electron chi connectivity index (χ4n) is 2.40. The molecule has 2 aromatic carbocycles. The first-order chi connectivity index (χ1) is 13.4. The summed E-state index contributed by atoms with van der Waals surface area (Å²) in [5.41, 5.74) is 1.18. The van der Waals surface area contributed by atoms with Crippen LogP contribution in [0.5, 0.6) is 5.75 Å². The minimum Gasteiger partial charge on any atom is -0.497 e. The highest BCUT2D eigenvalue weighted by atomic mass is 32.2. The third-order valence-corrected chi connectivity index (χ3v) is 5.17. The second-order valence-corrected chi connectivity index (χ2v) is 7.50. The number of aromatic nitrogens is 4. The van der Waals surface area contributed by atoms with Gasteiger partial charge in [-0.1, -0.05) is 0 Å². The molecular formula is C17H18N6O4S. The molecule has 0 saturated heterocycles. The Labute approximate surface area is 161 Å². The quantitative estimate of drug-likeness (QED) is 0.606. The summed E-state index contributed by atoms with van der Waals surface area (Å²) < 4.78 is 34.0. The standard InChI is InChI=1S/C17H18N6O4S/c1-12(24)19-13-3-9-16(10-4-13)28(25,26)18-11-17-20-21-22-23(17)14-5-7-15(27-2)8-6-14/h3-10,18H,11H2,1-2H3,(H,19,24). The summed E-state index contributed by atoms with van der Waals surface area (Å²) in [6.07, 6.45) is 0. The van der Waals surface area contributed by atoms with Crippen molar-refractivity contribution in [2.24, 2.45) is 0 Å². The van der Waals surface area contributed by atoms with E-state index < -0.39 is 10.0 Å². The van der Waals surface area contributed by atoms with E-state index in [1.165, 1.54) is 35.9 Å². The van der Waals surface area contributed by atoms with Crippen LogP contribution in [-0.4, -0.2) is 41.6 Å². The fourth-order valence-corrected chi connectivity index (χ4v) is 3.38. The Kier molecular flexibility index (Phi) is 5.66. The molecule has 146 valence electrons. The molecule has 28 heavy (non-hydrogen) atoms. The molecule has 0 aliphatic carbocycles. The number of anilines is 1. The lowest BCUT2D eigenvalue weighted by Gasteiger charge is -2.09. The monoisotopic (exact) mass is 402 g/mol. The van der Waals surface area contributed by atoms with Gasteiger partial charge in [-0.3, -0.25) is 4.79 Å². The summed E-state index contributed by atoms with van der Waals surface area (Å²) in [5, 5.41) is 14.0. The van der Waals surface area contributed by atoms with Crippen LogP contribution >= 0.6 is 0 Å². The second kappa shape index (κ2) is 8.15. The fraction of sp³-hybridized carbons (Fsp3) is 0.176. The predicted octanol–water partition coefficient (Wildman–Crippen LogP) is 1.11. The number of hydrogen-bond acceptors (Lipinski definition) is 7. The van der Waals surface area contributed by atoms with Crippen molar-refractivity contribution in [3.05, 3.63) is 54.4 Å². The third-order valence-electron chi connectivity index (χ3n) is 3.76. The van der Waals surface area contributed by atoms with Gasteiger partial charge in [0.15, 0.2) is 5.82 Å². The molecule has 1 heterocycles. The Morgan fingerprint density at radius 3 is 2.39 bits per heavy atom. The number of carbonyl (C=O) groups excluding carboxylic acids is 1. The van der Waals surface area contributed by atoms with Gasteiger partial charge in [-0.25, -0.2) is 13.1 Å². The number of rotatable bonds is 7. The summed E-state index contributed by atoms with van der Waals surface area (Å²) in [4.78, 5) is 11.1. The molecule has 1 amide bonds. The molecule has 0 aliphatic heterocycles. The van der Waals surface area contributed by atoms with Crippen molar-refractivity contribution < 1.29 is 17.9 Å². The van der Waals surface area contributed by atoms with Crippen molar-refractivity contribution in [1.29, 1.82) is 0 Å². The van der Waals surface area contributed by atoms with Gasteiger partial charge in [-0.05, 0) is 59.0 Å². The van der Waals surface area contributed by atoms with Gasteiger partial charge in [-0.15, -0.1) is 5.10 Å². The van der Waals surface area contributed by atoms with Gasteiger partial charge < -0.3 is 10.1 Å². The van der Waals surface area contributed by atoms with Crippen LogP contribution < -0.4 is 14.8 Å². The summed E-state index contributed by atoms with van der Waals surface area (Å²) in [6, 6.07) is 12.8. The Morgan fingerprint density at radius 2 is 1.79 bits per heavy atom. The van der Waals surface area contributed by atoms with Gasteiger partial charge in [-0.2, -0.15) is 4.68 Å². The molecule has 0 fully saturated rings. The van der Waals surface area contributed by atoms with Gasteiger partial charge in [0.05, 0.1) is 24.2 Å². The van der Waals surface area contributed by atoms with E-state index >= 15 is 0 Å². The van der Waals surface area contributed by atoms with E-state index in [2.05, 4.69) is 25.6 Å². The number of methoxy groups -OCH3 is 1. The molecule has 0 unspecified atom stereocenters. The van der Waals surface area contributed by atoms with Crippen molar-refractivity contribution in [3.63, 3.8) is 0 Å². The number of amides is 1. The number of nitrogens with zero attached hydrogens (tertiary/aromatic N) is 4. The molecule has 0 bridgehead atoms. The van der Waals surface area contributed by atoms with Crippen LogP contribution in [0.4, 0.5) is 5.69 Å². The Bertz CT molecular complexity index is 1060. The molecular weight excluding hydrogens is 384 g/mol. The lowest BCUT2D eigenvalue weighted by Crippen LogP contribution is -2.25. The van der Waals surface area contributed by atoms with Gasteiger partial charge in [0.1, 0.15) is 5.75 Å². The van der Waals surface area contributed by atoms with Crippen molar-refractivity contribution in [3.8, 4) is 11.4 Å². The van der Waals surface area contributed by atoms with Gasteiger partial charge >= 0.3 is 0 Å². The molecule has 0 radical (unpaired) electrons. The maximum atomic E-state index is 12.5. The summed E-state index contributed by atoms with van der Waals surface area (Å²) >= 11 is 0. The van der Waals surface area contributed by atoms with E-state index in [0.717, 1.165) is 0 Å². The van der Waals surface area contributed by atoms with Crippen LogP contribution in [0.3, 0.4) is 0 Å². The van der Waals surface area contributed by atoms with Crippen LogP contribution in [-0.2, 0) is 21.4 Å². The average molecular weight is 402 g/mol. The Hall–Kier alpha value is -3.31. The summed E-state index contributed by atoms with van der Waals surface area (Å²) in [7, 11) is -2.22. The topological polar surface area (TPSA) is 128 Å². The largest absolute Gasteiger partial charge is 0.497 e. The maximum Gasteiger partial charge on any atom is 0.240 e. The Balaban J connectivity index is 1.73. The number of sulfonamides is 1. The molecule has 10 nitrogen and oxygen atoms in total. The summed E-state index contributed by atoms with van der Waals surface area (Å²) in [5.74, 6) is 0.768. The number of hydrogen-bond donors (Lipinski definition) is 2. The third kappa shape index (κ3) is 4.50. The SMILES string of the molecule is COc1ccc(-n2nnnc2CNS(=O)(=O)c2ccc(NC(C)=O)cc2)cc1. The van der Waals surface area contributed by atoms with Gasteiger partial charge in [0, 0.05) is 12.6 Å². The zero-order valence-corrected chi connectivity index (χ0v) is 16.0. The van der Waals surface area contributed by atoms with E-state index in [-0.39, 0.29) is 17.3 Å². The average Bonchev–Trinajstić information content (AvgIpc) is 3.15. The van der Waals surface area contributed by atoms with Crippen molar-refractivity contribution in [2.75, 3.05) is 12.4 Å². The molecule has 0 spiro atoms. The first-order valence-corrected chi connectivity index (χ1v) is 9.66. The highest BCUT2D eigenvalue weighted by Gasteiger charge is 2.17. The van der Waals surface area contributed by atoms with Crippen LogP contribution in [0.25, 0.3) is 5.69 Å². The van der Waals surface area contributed by atoms with Crippen LogP contribution in [0, 0.1) is 0 Å². The van der Waals surface area contributed by atoms with E-state index in [9.17, 15) is 13.2 Å². The van der Waals surface area contributed by atoms with Crippen molar-refractivity contribution in [1.82, 2.24) is 24.9 Å². The number of tetrazole rings is 1. The lowest BCUT2D eigenvalue weighted by molar-refractivity contribution is -0.114. The number of ether oxygens (including phenoxy) is 1. The first kappa shape index (κ1) is 19.5. The number of carbonyl (C=O) groups is 1. The van der Waals surface area contributed by atoms with Crippen LogP contribution in [0.15, 0.2) is 53.4 Å². The first-order valence-electron chi connectivity index (χ1n) is 8.18. The Morgan fingerprint density at radius 1 is 1.11 bits per heavy atom. The highest BCUT2D eigenvalue weighted by molar-refractivity contribution is 7.89. The molecule has 0 aliphatic rings. The van der Waals surface area contributed by atoms with E-state index in [1.54, 1.807) is 31.4 Å². The van der Waals surface area contributed by atoms with Crippen molar-refractivity contribution >= 4 is 21.6 Å². The van der Waals surface area contributed by atoms with Crippen molar-refractivity contribution in [2.45, 2.75) is 18.4 Å². The van der Waals surface area contributed by atoms with E-state index in [1.807, 2.05) is 0 Å². The number of nitrogens with one attached hydrogen (secondary N) is 2. The molecule has 0 saturated carbocycles. The smallest absolute Gasteiger partial charge is 0.240 e. The molecule has 3 aromatic rings. The molecule has 11 heteroatoms. The molecule has 3 rings (SSSR count). The molecule has 0 atom stereocenters. The minimum absolute atomic E-state index is 0.0603. The lowest BCUT2D eigenvalue weighted by atomic mass is 10.3. The van der Waals surface area contributed by atoms with Crippen LogP contribution in [0.1, 0.15) is 12.7 Å². The predicted molar refractivity (Wildman–Crippen MR) is 100 cm³/mol. The minimum atomic E-state index is -3.78. The normalized spacial score (nSPS) is 11.2. The van der Waals surface area contributed by atoms with E-state index in [0.29, 0.717) is 22.9 Å².